The highest BCUT2D eigenvalue weighted by atomic mass is 35.5. The van der Waals surface area contributed by atoms with Gasteiger partial charge in [0.05, 0.1) is 10.0 Å². The van der Waals surface area contributed by atoms with Gasteiger partial charge in [0.2, 0.25) is 0 Å². The number of rotatable bonds is 4. The predicted octanol–water partition coefficient (Wildman–Crippen LogP) is 4.10. The van der Waals surface area contributed by atoms with Gasteiger partial charge in [0.25, 0.3) is 0 Å². The van der Waals surface area contributed by atoms with Crippen LogP contribution in [0.2, 0.25) is 10.0 Å². The predicted molar refractivity (Wildman–Crippen MR) is 83.9 cm³/mol. The molecule has 0 saturated carbocycles. The van der Waals surface area contributed by atoms with Gasteiger partial charge in [-0.3, -0.25) is 0 Å². The van der Waals surface area contributed by atoms with Gasteiger partial charge < -0.3 is 10.3 Å². The highest BCUT2D eigenvalue weighted by Gasteiger charge is 2.33. The molecule has 2 rings (SSSR count). The number of hydrogen-bond acceptors (Lipinski definition) is 2. The van der Waals surface area contributed by atoms with E-state index in [0.717, 1.165) is 25.9 Å². The SMILES string of the molecule is CN=CCC[C@]1(c2ccc(Cl)c(Cl)c2)CCCNC1. The Kier molecular flexibility index (Phi) is 5.26. The summed E-state index contributed by atoms with van der Waals surface area (Å²) in [5.41, 5.74) is 1.45. The summed E-state index contributed by atoms with van der Waals surface area (Å²) >= 11 is 12.2. The minimum Gasteiger partial charge on any atom is -0.316 e. The third kappa shape index (κ3) is 3.50. The second-order valence-corrected chi connectivity index (χ2v) is 5.98. The molecule has 1 aliphatic heterocycles. The minimum atomic E-state index is 0.160. The molecular formula is C15H20Cl2N2. The summed E-state index contributed by atoms with van der Waals surface area (Å²) in [6.07, 6.45) is 6.47. The molecule has 19 heavy (non-hydrogen) atoms. The molecule has 1 aliphatic rings. The van der Waals surface area contributed by atoms with Crippen molar-refractivity contribution in [3.8, 4) is 0 Å². The van der Waals surface area contributed by atoms with Crippen LogP contribution in [0.1, 0.15) is 31.2 Å². The standard InChI is InChI=1S/C15H20Cl2N2/c1-18-8-2-6-15(7-3-9-19-11-15)12-4-5-13(16)14(17)10-12/h4-5,8,10,19H,2-3,6-7,9,11H2,1H3/t15-/m0/s1. The lowest BCUT2D eigenvalue weighted by Crippen LogP contribution is -2.43. The first-order chi connectivity index (χ1) is 9.18. The highest BCUT2D eigenvalue weighted by molar-refractivity contribution is 6.42. The molecule has 1 heterocycles. The maximum atomic E-state index is 6.18. The molecule has 1 aromatic carbocycles. The van der Waals surface area contributed by atoms with Crippen LogP contribution >= 0.6 is 23.2 Å². The van der Waals surface area contributed by atoms with Crippen molar-refractivity contribution in [2.45, 2.75) is 31.1 Å². The molecule has 1 atom stereocenters. The van der Waals surface area contributed by atoms with Crippen molar-refractivity contribution in [1.82, 2.24) is 5.32 Å². The van der Waals surface area contributed by atoms with Crippen LogP contribution in [0.4, 0.5) is 0 Å². The van der Waals surface area contributed by atoms with Gasteiger partial charge in [-0.2, -0.15) is 0 Å². The molecule has 0 radical (unpaired) electrons. The Balaban J connectivity index is 2.27. The van der Waals surface area contributed by atoms with Crippen LogP contribution in [0.5, 0.6) is 0 Å². The van der Waals surface area contributed by atoms with E-state index in [1.165, 1.54) is 18.4 Å². The lowest BCUT2D eigenvalue weighted by Gasteiger charge is -2.38. The number of benzene rings is 1. The van der Waals surface area contributed by atoms with E-state index in [0.29, 0.717) is 10.0 Å². The summed E-state index contributed by atoms with van der Waals surface area (Å²) in [7, 11) is 1.82. The van der Waals surface area contributed by atoms with Gasteiger partial charge in [0.1, 0.15) is 0 Å². The molecule has 0 aliphatic carbocycles. The summed E-state index contributed by atoms with van der Waals surface area (Å²) in [5.74, 6) is 0. The Labute approximate surface area is 125 Å². The van der Waals surface area contributed by atoms with Crippen molar-refractivity contribution in [3.05, 3.63) is 33.8 Å². The largest absolute Gasteiger partial charge is 0.316 e. The number of hydrogen-bond donors (Lipinski definition) is 1. The summed E-state index contributed by atoms with van der Waals surface area (Å²) < 4.78 is 0. The first-order valence-electron chi connectivity index (χ1n) is 6.75. The number of piperidine rings is 1. The molecule has 0 amide bonds. The summed E-state index contributed by atoms with van der Waals surface area (Å²) in [5, 5.41) is 4.79. The zero-order chi connectivity index (χ0) is 13.7. The van der Waals surface area contributed by atoms with Crippen LogP contribution in [0.3, 0.4) is 0 Å². The first-order valence-corrected chi connectivity index (χ1v) is 7.50. The number of halogens is 2. The van der Waals surface area contributed by atoms with E-state index in [-0.39, 0.29) is 5.41 Å². The third-order valence-electron chi connectivity index (χ3n) is 3.94. The van der Waals surface area contributed by atoms with Gasteiger partial charge in [0, 0.05) is 19.0 Å². The molecular weight excluding hydrogens is 279 g/mol. The summed E-state index contributed by atoms with van der Waals surface area (Å²) in [4.78, 5) is 4.08. The van der Waals surface area contributed by atoms with E-state index < -0.39 is 0 Å². The number of nitrogens with zero attached hydrogens (tertiary/aromatic N) is 1. The Morgan fingerprint density at radius 2 is 2.21 bits per heavy atom. The molecule has 0 aromatic heterocycles. The van der Waals surface area contributed by atoms with E-state index in [4.69, 9.17) is 23.2 Å². The molecule has 1 N–H and O–H groups in total. The average molecular weight is 299 g/mol. The van der Waals surface area contributed by atoms with Crippen LogP contribution in [0.15, 0.2) is 23.2 Å². The fourth-order valence-corrected chi connectivity index (χ4v) is 3.17. The molecule has 104 valence electrons. The van der Waals surface area contributed by atoms with Gasteiger partial charge in [-0.05, 0) is 56.1 Å². The Bertz CT molecular complexity index is 451. The van der Waals surface area contributed by atoms with Gasteiger partial charge in [0.15, 0.2) is 0 Å². The second kappa shape index (κ2) is 6.74. The topological polar surface area (TPSA) is 24.4 Å². The van der Waals surface area contributed by atoms with Gasteiger partial charge >= 0.3 is 0 Å². The normalized spacial score (nSPS) is 23.9. The van der Waals surface area contributed by atoms with Crippen molar-refractivity contribution in [1.29, 1.82) is 0 Å². The molecule has 2 nitrogen and oxygen atoms in total. The highest BCUT2D eigenvalue weighted by Crippen LogP contribution is 2.38. The van der Waals surface area contributed by atoms with E-state index in [1.807, 2.05) is 25.4 Å². The van der Waals surface area contributed by atoms with Crippen LogP contribution in [0.25, 0.3) is 0 Å². The van der Waals surface area contributed by atoms with Crippen molar-refractivity contribution in [3.63, 3.8) is 0 Å². The third-order valence-corrected chi connectivity index (χ3v) is 4.68. The van der Waals surface area contributed by atoms with E-state index in [1.54, 1.807) is 0 Å². The lowest BCUT2D eigenvalue weighted by atomic mass is 9.71. The fraction of sp³-hybridized carbons (Fsp3) is 0.533. The Morgan fingerprint density at radius 1 is 1.37 bits per heavy atom. The van der Waals surface area contributed by atoms with Crippen molar-refractivity contribution in [2.24, 2.45) is 4.99 Å². The summed E-state index contributed by atoms with van der Waals surface area (Å²) in [6.45, 7) is 2.10. The van der Waals surface area contributed by atoms with Crippen LogP contribution in [-0.4, -0.2) is 26.4 Å². The zero-order valence-corrected chi connectivity index (χ0v) is 12.8. The van der Waals surface area contributed by atoms with Gasteiger partial charge in [-0.15, -0.1) is 0 Å². The fourth-order valence-electron chi connectivity index (χ4n) is 2.87. The summed E-state index contributed by atoms with van der Waals surface area (Å²) in [6, 6.07) is 6.05. The van der Waals surface area contributed by atoms with Crippen LogP contribution in [0, 0.1) is 0 Å². The van der Waals surface area contributed by atoms with Crippen LogP contribution < -0.4 is 5.32 Å². The van der Waals surface area contributed by atoms with Crippen molar-refractivity contribution in [2.75, 3.05) is 20.1 Å². The molecule has 0 unspecified atom stereocenters. The number of nitrogens with one attached hydrogen (secondary N) is 1. The maximum absolute atomic E-state index is 6.18. The van der Waals surface area contributed by atoms with E-state index >= 15 is 0 Å². The smallest absolute Gasteiger partial charge is 0.0595 e. The quantitative estimate of drug-likeness (QED) is 0.832. The molecule has 0 bridgehead atoms. The van der Waals surface area contributed by atoms with Gasteiger partial charge in [-0.1, -0.05) is 29.3 Å². The molecule has 1 saturated heterocycles. The maximum Gasteiger partial charge on any atom is 0.0595 e. The lowest BCUT2D eigenvalue weighted by molar-refractivity contribution is 0.297. The van der Waals surface area contributed by atoms with Crippen molar-refractivity contribution < 1.29 is 0 Å². The van der Waals surface area contributed by atoms with E-state index in [2.05, 4.69) is 16.4 Å². The monoisotopic (exact) mass is 298 g/mol. The minimum absolute atomic E-state index is 0.160. The first kappa shape index (κ1) is 14.8. The molecule has 1 fully saturated rings. The van der Waals surface area contributed by atoms with Crippen LogP contribution in [-0.2, 0) is 5.41 Å². The average Bonchev–Trinajstić information content (AvgIpc) is 2.43. The molecule has 0 spiro atoms. The van der Waals surface area contributed by atoms with Crippen molar-refractivity contribution >= 4 is 29.4 Å². The van der Waals surface area contributed by atoms with E-state index in [9.17, 15) is 0 Å². The molecule has 4 heteroatoms. The van der Waals surface area contributed by atoms with Gasteiger partial charge in [-0.25, -0.2) is 0 Å². The Morgan fingerprint density at radius 3 is 2.84 bits per heavy atom. The second-order valence-electron chi connectivity index (χ2n) is 5.17. The molecule has 1 aromatic rings. The number of aliphatic imine (C=N–C) groups is 1. The Hall–Kier alpha value is -0.570. The zero-order valence-electron chi connectivity index (χ0n) is 11.3.